The summed E-state index contributed by atoms with van der Waals surface area (Å²) < 4.78 is 1.73. The summed E-state index contributed by atoms with van der Waals surface area (Å²) in [7, 11) is 0. The molecule has 0 aliphatic rings. The number of nitrogens with one attached hydrogen (secondary N) is 1. The predicted octanol–water partition coefficient (Wildman–Crippen LogP) is 6.29. The van der Waals surface area contributed by atoms with E-state index in [0.717, 1.165) is 41.1 Å². The van der Waals surface area contributed by atoms with Crippen molar-refractivity contribution in [2.45, 2.75) is 31.1 Å². The Bertz CT molecular complexity index is 1280. The van der Waals surface area contributed by atoms with Gasteiger partial charge in [0.1, 0.15) is 5.82 Å². The Labute approximate surface area is 222 Å². The minimum absolute atomic E-state index is 0.00145. The van der Waals surface area contributed by atoms with E-state index in [2.05, 4.69) is 12.2 Å². The van der Waals surface area contributed by atoms with Gasteiger partial charge in [0.25, 0.3) is 0 Å². The maximum atomic E-state index is 13.2. The van der Waals surface area contributed by atoms with Crippen LogP contribution in [0.1, 0.15) is 26.2 Å². The number of rotatable bonds is 12. The number of hydrogen-bond donors (Lipinski definition) is 1. The van der Waals surface area contributed by atoms with Crippen LogP contribution in [0.2, 0.25) is 0 Å². The average molecular weight is 513 g/mol. The molecule has 0 spiro atoms. The number of carbonyl (C=O) groups is 2. The minimum atomic E-state index is -0.244. The van der Waals surface area contributed by atoms with E-state index in [1.54, 1.807) is 9.58 Å². The number of hydrogen-bond acceptors (Lipinski definition) is 4. The molecule has 0 aliphatic carbocycles. The molecule has 1 N–H and O–H groups in total. The van der Waals surface area contributed by atoms with Gasteiger partial charge in [-0.2, -0.15) is 5.10 Å². The molecule has 0 bridgehead atoms. The molecule has 0 atom stereocenters. The standard InChI is InChI=1S/C30H32N4O2S/c1-2-3-13-20-33(30(36)23-37-26-18-11-6-12-19-26)22-29(35)31-28-21-27(24-14-7-4-8-15-24)32-34(28)25-16-9-5-10-17-25/h4-12,14-19,21H,2-3,13,20,22-23H2,1H3,(H,31,35). The van der Waals surface area contributed by atoms with Crippen molar-refractivity contribution < 1.29 is 9.59 Å². The first-order valence-corrected chi connectivity index (χ1v) is 13.6. The number of benzene rings is 3. The molecule has 2 amide bonds. The van der Waals surface area contributed by atoms with Crippen LogP contribution in [0.5, 0.6) is 0 Å². The van der Waals surface area contributed by atoms with Gasteiger partial charge in [-0.25, -0.2) is 4.68 Å². The quantitative estimate of drug-likeness (QED) is 0.179. The fourth-order valence-corrected chi connectivity index (χ4v) is 4.76. The lowest BCUT2D eigenvalue weighted by Crippen LogP contribution is -2.39. The van der Waals surface area contributed by atoms with Crippen molar-refractivity contribution in [1.82, 2.24) is 14.7 Å². The normalized spacial score (nSPS) is 10.7. The highest BCUT2D eigenvalue weighted by molar-refractivity contribution is 8.00. The molecule has 0 unspecified atom stereocenters. The Hall–Kier alpha value is -3.84. The van der Waals surface area contributed by atoms with Crippen molar-refractivity contribution in [3.8, 4) is 16.9 Å². The first-order chi connectivity index (χ1) is 18.1. The summed E-state index contributed by atoms with van der Waals surface area (Å²) in [5.74, 6) is 0.575. The second kappa shape index (κ2) is 13.5. The monoisotopic (exact) mass is 512 g/mol. The third kappa shape index (κ3) is 7.57. The molecule has 0 fully saturated rings. The number of amides is 2. The molecule has 0 aliphatic heterocycles. The smallest absolute Gasteiger partial charge is 0.245 e. The van der Waals surface area contributed by atoms with Gasteiger partial charge >= 0.3 is 0 Å². The van der Waals surface area contributed by atoms with Crippen LogP contribution in [0.15, 0.2) is 102 Å². The number of nitrogens with zero attached hydrogens (tertiary/aromatic N) is 3. The molecule has 7 heteroatoms. The molecule has 37 heavy (non-hydrogen) atoms. The second-order valence-corrected chi connectivity index (χ2v) is 9.75. The van der Waals surface area contributed by atoms with Crippen molar-refractivity contribution >= 4 is 29.4 Å². The van der Waals surface area contributed by atoms with E-state index in [9.17, 15) is 9.59 Å². The highest BCUT2D eigenvalue weighted by atomic mass is 32.2. The zero-order chi connectivity index (χ0) is 25.9. The molecule has 0 saturated carbocycles. The molecule has 1 heterocycles. The number of aromatic nitrogens is 2. The van der Waals surface area contributed by atoms with E-state index in [1.807, 2.05) is 97.1 Å². The van der Waals surface area contributed by atoms with Crippen molar-refractivity contribution in [2.75, 3.05) is 24.2 Å². The Morgan fingerprint density at radius 2 is 1.54 bits per heavy atom. The van der Waals surface area contributed by atoms with Gasteiger partial charge in [-0.05, 0) is 30.7 Å². The summed E-state index contributed by atoms with van der Waals surface area (Å²) in [5, 5.41) is 7.77. The van der Waals surface area contributed by atoms with Gasteiger partial charge in [-0.1, -0.05) is 86.5 Å². The first-order valence-electron chi connectivity index (χ1n) is 12.6. The molecule has 1 aromatic heterocycles. The van der Waals surface area contributed by atoms with Crippen LogP contribution in [0.25, 0.3) is 16.9 Å². The SMILES string of the molecule is CCCCCN(CC(=O)Nc1cc(-c2ccccc2)nn1-c1ccccc1)C(=O)CSc1ccccc1. The van der Waals surface area contributed by atoms with Gasteiger partial charge in [0.15, 0.2) is 0 Å². The zero-order valence-electron chi connectivity index (χ0n) is 21.0. The first kappa shape index (κ1) is 26.2. The molecule has 4 aromatic rings. The van der Waals surface area contributed by atoms with E-state index in [1.165, 1.54) is 11.8 Å². The zero-order valence-corrected chi connectivity index (χ0v) is 21.9. The van der Waals surface area contributed by atoms with Gasteiger partial charge in [0.2, 0.25) is 11.8 Å². The van der Waals surface area contributed by atoms with Crippen LogP contribution in [-0.4, -0.2) is 45.3 Å². The van der Waals surface area contributed by atoms with E-state index in [-0.39, 0.29) is 18.4 Å². The topological polar surface area (TPSA) is 67.2 Å². The molecular weight excluding hydrogens is 480 g/mol. The number of unbranched alkanes of at least 4 members (excludes halogenated alkanes) is 2. The van der Waals surface area contributed by atoms with E-state index >= 15 is 0 Å². The number of para-hydroxylation sites is 1. The minimum Gasteiger partial charge on any atom is -0.333 e. The van der Waals surface area contributed by atoms with Crippen LogP contribution < -0.4 is 5.32 Å². The largest absolute Gasteiger partial charge is 0.333 e. The van der Waals surface area contributed by atoms with Crippen LogP contribution in [0, 0.1) is 0 Å². The van der Waals surface area contributed by atoms with Crippen molar-refractivity contribution in [2.24, 2.45) is 0 Å². The third-order valence-corrected chi connectivity index (χ3v) is 6.87. The van der Waals surface area contributed by atoms with Crippen LogP contribution in [-0.2, 0) is 9.59 Å². The Balaban J connectivity index is 1.49. The summed E-state index contributed by atoms with van der Waals surface area (Å²) >= 11 is 1.49. The molecule has 0 radical (unpaired) electrons. The lowest BCUT2D eigenvalue weighted by molar-refractivity contribution is -0.132. The van der Waals surface area contributed by atoms with Gasteiger partial charge in [-0.3, -0.25) is 9.59 Å². The van der Waals surface area contributed by atoms with E-state index in [0.29, 0.717) is 18.1 Å². The fraction of sp³-hybridized carbons (Fsp3) is 0.233. The lowest BCUT2D eigenvalue weighted by Gasteiger charge is -2.22. The lowest BCUT2D eigenvalue weighted by atomic mass is 10.1. The van der Waals surface area contributed by atoms with Gasteiger partial charge < -0.3 is 10.2 Å². The maximum Gasteiger partial charge on any atom is 0.245 e. The van der Waals surface area contributed by atoms with Gasteiger partial charge in [0, 0.05) is 23.1 Å². The van der Waals surface area contributed by atoms with Crippen molar-refractivity contribution in [1.29, 1.82) is 0 Å². The van der Waals surface area contributed by atoms with Crippen LogP contribution in [0.4, 0.5) is 5.82 Å². The molecule has 3 aromatic carbocycles. The second-order valence-electron chi connectivity index (χ2n) is 8.70. The summed E-state index contributed by atoms with van der Waals surface area (Å²) in [4.78, 5) is 29.0. The summed E-state index contributed by atoms with van der Waals surface area (Å²) in [6, 6.07) is 31.3. The summed E-state index contributed by atoms with van der Waals surface area (Å²) in [6.45, 7) is 2.68. The van der Waals surface area contributed by atoms with Crippen molar-refractivity contribution in [3.05, 3.63) is 97.1 Å². The number of thioether (sulfide) groups is 1. The van der Waals surface area contributed by atoms with Gasteiger partial charge in [0.05, 0.1) is 23.7 Å². The van der Waals surface area contributed by atoms with E-state index < -0.39 is 0 Å². The highest BCUT2D eigenvalue weighted by Gasteiger charge is 2.19. The molecule has 6 nitrogen and oxygen atoms in total. The maximum absolute atomic E-state index is 13.2. The molecular formula is C30H32N4O2S. The van der Waals surface area contributed by atoms with Crippen LogP contribution >= 0.6 is 11.8 Å². The predicted molar refractivity (Wildman–Crippen MR) is 151 cm³/mol. The van der Waals surface area contributed by atoms with Gasteiger partial charge in [-0.15, -0.1) is 11.8 Å². The summed E-state index contributed by atoms with van der Waals surface area (Å²) in [6.07, 6.45) is 2.93. The number of anilines is 1. The van der Waals surface area contributed by atoms with Crippen molar-refractivity contribution in [3.63, 3.8) is 0 Å². The van der Waals surface area contributed by atoms with Crippen LogP contribution in [0.3, 0.4) is 0 Å². The average Bonchev–Trinajstić information content (AvgIpc) is 3.36. The Kier molecular flexibility index (Phi) is 9.54. The Morgan fingerprint density at radius 1 is 0.892 bits per heavy atom. The Morgan fingerprint density at radius 3 is 2.22 bits per heavy atom. The molecule has 4 rings (SSSR count). The molecule has 190 valence electrons. The third-order valence-electron chi connectivity index (χ3n) is 5.87. The fourth-order valence-electron chi connectivity index (χ4n) is 3.94. The molecule has 0 saturated heterocycles. The number of carbonyl (C=O) groups excluding carboxylic acids is 2. The highest BCUT2D eigenvalue weighted by Crippen LogP contribution is 2.25. The van der Waals surface area contributed by atoms with E-state index in [4.69, 9.17) is 5.10 Å². The summed E-state index contributed by atoms with van der Waals surface area (Å²) in [5.41, 5.74) is 2.56.